The van der Waals surface area contributed by atoms with Crippen LogP contribution in [0, 0.1) is 17.8 Å². The van der Waals surface area contributed by atoms with Crippen molar-refractivity contribution >= 4 is 17.9 Å². The van der Waals surface area contributed by atoms with Crippen LogP contribution >= 0.6 is 0 Å². The molecule has 2 aromatic heterocycles. The molecule has 2 aromatic carbocycles. The molecule has 2 unspecified atom stereocenters. The van der Waals surface area contributed by atoms with Crippen molar-refractivity contribution in [3.63, 3.8) is 0 Å². The molecule has 7 atom stereocenters. The summed E-state index contributed by atoms with van der Waals surface area (Å²) in [7, 11) is 0. The summed E-state index contributed by atoms with van der Waals surface area (Å²) in [4.78, 5) is 57.4. The van der Waals surface area contributed by atoms with Crippen molar-refractivity contribution < 1.29 is 19.5 Å². The van der Waals surface area contributed by atoms with E-state index in [0.29, 0.717) is 17.9 Å². The first-order valence-corrected chi connectivity index (χ1v) is 16.6. The molecule has 0 spiro atoms. The average molecular weight is 634 g/mol. The van der Waals surface area contributed by atoms with Crippen LogP contribution in [-0.4, -0.2) is 70.9 Å². The number of rotatable bonds is 8. The number of nitrogens with one attached hydrogen (secondary N) is 3. The lowest BCUT2D eigenvalue weighted by Crippen LogP contribution is -2.51. The molecule has 4 aromatic rings. The van der Waals surface area contributed by atoms with E-state index in [1.54, 1.807) is 6.92 Å². The van der Waals surface area contributed by atoms with E-state index in [1.165, 1.54) is 0 Å². The van der Waals surface area contributed by atoms with Gasteiger partial charge in [-0.1, -0.05) is 62.4 Å². The van der Waals surface area contributed by atoms with Crippen molar-refractivity contribution in [2.45, 2.75) is 76.7 Å². The maximum atomic E-state index is 13.5. The van der Waals surface area contributed by atoms with E-state index in [1.807, 2.05) is 36.0 Å². The standard InChI is InChI=1S/C36H39N7O4/c1-18(2)32(41-36(46)47)35(45)43-29-13-25(29)15-31(43)34-38-17-27(40-34)23-10-6-21(7-11-23)20-4-8-22(9-5-20)26-16-37-33(39-26)30-14-24-12-28(24)42(30)19(3)44/h4-11,16-18,24-25,28-32,41H,12-15H2,1-3H3,(H,37,39)(H,38,40)(H,46,47)/t24?,25?,28-,29-,30+,31+,32+/m1/s1. The van der Waals surface area contributed by atoms with E-state index in [9.17, 15) is 19.5 Å². The van der Waals surface area contributed by atoms with Crippen LogP contribution in [0.15, 0.2) is 60.9 Å². The summed E-state index contributed by atoms with van der Waals surface area (Å²) in [5.74, 6) is 2.43. The molecule has 11 nitrogen and oxygen atoms in total. The van der Waals surface area contributed by atoms with Crippen LogP contribution in [0.1, 0.15) is 70.2 Å². The second kappa shape index (κ2) is 11.1. The van der Waals surface area contributed by atoms with Gasteiger partial charge in [0.15, 0.2) is 0 Å². The third-order valence-corrected chi connectivity index (χ3v) is 10.6. The molecule has 0 radical (unpaired) electrons. The summed E-state index contributed by atoms with van der Waals surface area (Å²) in [6, 6.07) is 16.2. The van der Waals surface area contributed by atoms with E-state index in [4.69, 9.17) is 9.97 Å². The second-order valence-electron chi connectivity index (χ2n) is 14.0. The molecule has 8 rings (SSSR count). The Morgan fingerprint density at radius 1 is 0.745 bits per heavy atom. The number of hydrogen-bond donors (Lipinski definition) is 4. The molecule has 3 amide bonds. The monoisotopic (exact) mass is 633 g/mol. The molecule has 2 saturated heterocycles. The Hall–Kier alpha value is -4.93. The number of nitrogens with zero attached hydrogens (tertiary/aromatic N) is 4. The number of amides is 3. The summed E-state index contributed by atoms with van der Waals surface area (Å²) in [6.45, 7) is 5.36. The number of H-pyrrole nitrogens is 2. The summed E-state index contributed by atoms with van der Waals surface area (Å²) in [6.07, 6.45) is 6.50. The van der Waals surface area contributed by atoms with Gasteiger partial charge in [0.05, 0.1) is 23.5 Å². The first-order valence-electron chi connectivity index (χ1n) is 16.6. The van der Waals surface area contributed by atoms with Gasteiger partial charge in [-0.2, -0.15) is 0 Å². The number of carboxylic acid groups (broad SMARTS) is 1. The molecule has 11 heteroatoms. The van der Waals surface area contributed by atoms with Gasteiger partial charge < -0.3 is 30.2 Å². The van der Waals surface area contributed by atoms with Crippen molar-refractivity contribution in [1.82, 2.24) is 35.1 Å². The Morgan fingerprint density at radius 3 is 1.64 bits per heavy atom. The Morgan fingerprint density at radius 2 is 1.19 bits per heavy atom. The number of carbonyl (C=O) groups excluding carboxylic acids is 2. The number of aromatic amines is 2. The van der Waals surface area contributed by atoms with E-state index in [0.717, 1.165) is 71.0 Å². The fourth-order valence-electron chi connectivity index (χ4n) is 7.96. The van der Waals surface area contributed by atoms with Gasteiger partial charge in [0, 0.05) is 42.5 Å². The highest BCUT2D eigenvalue weighted by Gasteiger charge is 2.56. The lowest BCUT2D eigenvalue weighted by atomic mass is 10.0. The third-order valence-electron chi connectivity index (χ3n) is 10.6. The smallest absolute Gasteiger partial charge is 0.405 e. The van der Waals surface area contributed by atoms with Gasteiger partial charge in [0.2, 0.25) is 11.8 Å². The van der Waals surface area contributed by atoms with Crippen molar-refractivity contribution in [3.05, 3.63) is 72.6 Å². The SMILES string of the molecule is CC(=O)N1[C@@H]2CC2C[C@H]1c1nc(-c2ccc(-c3ccc(-c4c[nH]c([C@@H]5CC6C[C@H]6N5C(=O)[C@@H](NC(=O)O)C(C)C)n4)cc3)cc2)c[nH]1. The molecular weight excluding hydrogens is 594 g/mol. The van der Waals surface area contributed by atoms with Gasteiger partial charge in [-0.15, -0.1) is 0 Å². The van der Waals surface area contributed by atoms with Crippen molar-refractivity contribution in [1.29, 1.82) is 0 Å². The fraction of sp³-hybridized carbons (Fsp3) is 0.417. The van der Waals surface area contributed by atoms with E-state index >= 15 is 0 Å². The van der Waals surface area contributed by atoms with Gasteiger partial charge >= 0.3 is 6.09 Å². The number of aromatic nitrogens is 4. The van der Waals surface area contributed by atoms with Gasteiger partial charge in [0.1, 0.15) is 17.7 Å². The molecule has 242 valence electrons. The van der Waals surface area contributed by atoms with E-state index in [-0.39, 0.29) is 35.9 Å². The van der Waals surface area contributed by atoms with Crippen LogP contribution in [0.5, 0.6) is 0 Å². The van der Waals surface area contributed by atoms with Crippen molar-refractivity contribution in [2.24, 2.45) is 17.8 Å². The highest BCUT2D eigenvalue weighted by molar-refractivity contribution is 5.87. The van der Waals surface area contributed by atoms with Gasteiger partial charge in [-0.05, 0) is 54.6 Å². The quantitative estimate of drug-likeness (QED) is 0.194. The molecular formula is C36H39N7O4. The van der Waals surface area contributed by atoms with Gasteiger partial charge in [-0.3, -0.25) is 9.59 Å². The molecule has 47 heavy (non-hydrogen) atoms. The number of piperidine rings is 2. The summed E-state index contributed by atoms with van der Waals surface area (Å²) >= 11 is 0. The number of hydrogen-bond acceptors (Lipinski definition) is 5. The molecule has 4 heterocycles. The molecule has 4 fully saturated rings. The molecule has 0 bridgehead atoms. The Balaban J connectivity index is 0.950. The zero-order valence-corrected chi connectivity index (χ0v) is 26.7. The van der Waals surface area contributed by atoms with Crippen LogP contribution in [0.4, 0.5) is 4.79 Å². The maximum Gasteiger partial charge on any atom is 0.405 e. The Kier molecular flexibility index (Phi) is 6.96. The lowest BCUT2D eigenvalue weighted by Gasteiger charge is -2.31. The van der Waals surface area contributed by atoms with Crippen LogP contribution < -0.4 is 5.32 Å². The lowest BCUT2D eigenvalue weighted by molar-refractivity contribution is -0.136. The number of benzene rings is 2. The minimum Gasteiger partial charge on any atom is -0.465 e. The molecule has 2 aliphatic carbocycles. The van der Waals surface area contributed by atoms with Crippen molar-refractivity contribution in [3.8, 4) is 33.6 Å². The third kappa shape index (κ3) is 5.27. The minimum absolute atomic E-state index is 0.0388. The first kappa shape index (κ1) is 29.5. The van der Waals surface area contributed by atoms with E-state index in [2.05, 4.69) is 63.8 Å². The van der Waals surface area contributed by atoms with E-state index < -0.39 is 12.1 Å². The zero-order valence-electron chi connectivity index (χ0n) is 26.7. The summed E-state index contributed by atoms with van der Waals surface area (Å²) in [5.41, 5.74) is 5.83. The number of fused-ring (bicyclic) bond motifs is 2. The fourth-order valence-corrected chi connectivity index (χ4v) is 7.96. The second-order valence-corrected chi connectivity index (χ2v) is 14.0. The largest absolute Gasteiger partial charge is 0.465 e. The Labute approximate surface area is 272 Å². The van der Waals surface area contributed by atoms with Crippen molar-refractivity contribution in [2.75, 3.05) is 0 Å². The van der Waals surface area contributed by atoms with Crippen LogP contribution in [0.2, 0.25) is 0 Å². The molecule has 2 aliphatic heterocycles. The highest BCUT2D eigenvalue weighted by atomic mass is 16.4. The molecule has 4 aliphatic rings. The number of carbonyl (C=O) groups is 3. The molecule has 2 saturated carbocycles. The Bertz CT molecular complexity index is 1850. The number of likely N-dealkylation sites (tertiary alicyclic amines) is 2. The zero-order chi connectivity index (χ0) is 32.6. The minimum atomic E-state index is -1.19. The maximum absolute atomic E-state index is 13.5. The van der Waals surface area contributed by atoms with Crippen LogP contribution in [-0.2, 0) is 9.59 Å². The first-order chi connectivity index (χ1) is 22.7. The normalized spacial score (nSPS) is 26.2. The predicted molar refractivity (Wildman–Crippen MR) is 175 cm³/mol. The van der Waals surface area contributed by atoms with Gasteiger partial charge in [0.25, 0.3) is 0 Å². The summed E-state index contributed by atoms with van der Waals surface area (Å²) < 4.78 is 0. The summed E-state index contributed by atoms with van der Waals surface area (Å²) in [5, 5.41) is 11.7. The molecule has 4 N–H and O–H groups in total. The topological polar surface area (TPSA) is 147 Å². The number of imidazole rings is 2. The average Bonchev–Trinajstić information content (AvgIpc) is 3.66. The van der Waals surface area contributed by atoms with Gasteiger partial charge in [-0.25, -0.2) is 14.8 Å². The predicted octanol–water partition coefficient (Wildman–Crippen LogP) is 5.77. The van der Waals surface area contributed by atoms with Crippen LogP contribution in [0.3, 0.4) is 0 Å². The highest BCUT2D eigenvalue weighted by Crippen LogP contribution is 2.54. The van der Waals surface area contributed by atoms with Crippen LogP contribution in [0.25, 0.3) is 33.6 Å².